The van der Waals surface area contributed by atoms with Crippen LogP contribution in [-0.2, 0) is 4.74 Å². The van der Waals surface area contributed by atoms with Gasteiger partial charge in [0.15, 0.2) is 0 Å². The summed E-state index contributed by atoms with van der Waals surface area (Å²) in [5.74, 6) is 0. The Morgan fingerprint density at radius 2 is 2.00 bits per heavy atom. The lowest BCUT2D eigenvalue weighted by Gasteiger charge is -2.31. The number of rotatable bonds is 3. The van der Waals surface area contributed by atoms with Gasteiger partial charge in [-0.2, -0.15) is 0 Å². The third kappa shape index (κ3) is 2.57. The van der Waals surface area contributed by atoms with Crippen molar-refractivity contribution >= 4 is 12.7 Å². The van der Waals surface area contributed by atoms with Crippen molar-refractivity contribution in [3.8, 4) is 0 Å². The molecule has 2 fully saturated rings. The van der Waals surface area contributed by atoms with Crippen molar-refractivity contribution in [3.63, 3.8) is 0 Å². The Morgan fingerprint density at radius 3 is 2.53 bits per heavy atom. The zero-order chi connectivity index (χ0) is 12.3. The molecular formula is C13H21N3O. The number of ether oxygens (including phenoxy) is 1. The molecule has 0 radical (unpaired) electrons. The second-order valence-electron chi connectivity index (χ2n) is 4.99. The molecule has 2 aliphatic heterocycles. The first-order chi connectivity index (χ1) is 8.16. The summed E-state index contributed by atoms with van der Waals surface area (Å²) in [6.45, 7) is 12.1. The van der Waals surface area contributed by atoms with E-state index in [4.69, 9.17) is 4.74 Å². The minimum atomic E-state index is 0.237. The number of aliphatic imine (C=N–C) groups is 2. The summed E-state index contributed by atoms with van der Waals surface area (Å²) < 4.78 is 5.71. The summed E-state index contributed by atoms with van der Waals surface area (Å²) in [6, 6.07) is 0.352. The first-order valence-corrected chi connectivity index (χ1v) is 6.25. The molecule has 2 heterocycles. The number of nitrogens with zero attached hydrogens (tertiary/aromatic N) is 3. The van der Waals surface area contributed by atoms with Gasteiger partial charge in [-0.25, -0.2) is 9.98 Å². The van der Waals surface area contributed by atoms with Crippen molar-refractivity contribution < 1.29 is 4.74 Å². The Bertz CT molecular complexity index is 339. The molecule has 0 amide bonds. The third-order valence-electron chi connectivity index (χ3n) is 3.70. The van der Waals surface area contributed by atoms with Crippen LogP contribution in [0.25, 0.3) is 0 Å². The molecule has 2 rings (SSSR count). The SMILES string of the molecule is C=NC(=NC(=C)C)OCC12CCCN1CCC2. The molecule has 0 N–H and O–H groups in total. The highest BCUT2D eigenvalue weighted by atomic mass is 16.5. The van der Waals surface area contributed by atoms with E-state index < -0.39 is 0 Å². The van der Waals surface area contributed by atoms with E-state index in [9.17, 15) is 0 Å². The molecule has 0 aromatic rings. The van der Waals surface area contributed by atoms with Crippen LogP contribution in [0.4, 0.5) is 0 Å². The first-order valence-electron chi connectivity index (χ1n) is 6.25. The van der Waals surface area contributed by atoms with Crippen LogP contribution in [0.15, 0.2) is 22.3 Å². The lowest BCUT2D eigenvalue weighted by atomic mass is 9.95. The maximum absolute atomic E-state index is 5.71. The average molecular weight is 235 g/mol. The van der Waals surface area contributed by atoms with Crippen molar-refractivity contribution in [1.82, 2.24) is 4.90 Å². The summed E-state index contributed by atoms with van der Waals surface area (Å²) in [7, 11) is 0. The molecule has 0 aliphatic carbocycles. The van der Waals surface area contributed by atoms with Gasteiger partial charge in [0, 0.05) is 5.70 Å². The highest BCUT2D eigenvalue weighted by Crippen LogP contribution is 2.38. The summed E-state index contributed by atoms with van der Waals surface area (Å²) in [5, 5.41) is 0. The molecule has 17 heavy (non-hydrogen) atoms. The van der Waals surface area contributed by atoms with Crippen LogP contribution in [0, 0.1) is 0 Å². The molecule has 94 valence electrons. The fourth-order valence-electron chi connectivity index (χ4n) is 2.94. The van der Waals surface area contributed by atoms with Gasteiger partial charge in [-0.05, 0) is 52.4 Å². The molecule has 4 nitrogen and oxygen atoms in total. The Kier molecular flexibility index (Phi) is 3.62. The Balaban J connectivity index is 1.97. The van der Waals surface area contributed by atoms with Gasteiger partial charge in [0.1, 0.15) is 6.61 Å². The van der Waals surface area contributed by atoms with Crippen molar-refractivity contribution in [2.75, 3.05) is 19.7 Å². The van der Waals surface area contributed by atoms with Crippen molar-refractivity contribution in [3.05, 3.63) is 12.3 Å². The molecule has 0 spiro atoms. The molecule has 0 atom stereocenters. The van der Waals surface area contributed by atoms with E-state index in [1.807, 2.05) is 6.92 Å². The number of amidine groups is 1. The maximum Gasteiger partial charge on any atom is 0.315 e. The van der Waals surface area contributed by atoms with Crippen LogP contribution >= 0.6 is 0 Å². The van der Waals surface area contributed by atoms with Crippen LogP contribution in [0.2, 0.25) is 0 Å². The number of allylic oxidation sites excluding steroid dienone is 1. The van der Waals surface area contributed by atoms with Gasteiger partial charge >= 0.3 is 6.02 Å². The summed E-state index contributed by atoms with van der Waals surface area (Å²) >= 11 is 0. The predicted octanol–water partition coefficient (Wildman–Crippen LogP) is 2.22. The normalized spacial score (nSPS) is 23.5. The lowest BCUT2D eigenvalue weighted by molar-refractivity contribution is 0.106. The fraction of sp³-hybridized carbons (Fsp3) is 0.692. The lowest BCUT2D eigenvalue weighted by Crippen LogP contribution is -2.42. The van der Waals surface area contributed by atoms with Crippen LogP contribution in [-0.4, -0.2) is 42.9 Å². The molecule has 0 bridgehead atoms. The minimum Gasteiger partial charge on any atom is -0.461 e. The van der Waals surface area contributed by atoms with Gasteiger partial charge in [-0.3, -0.25) is 4.90 Å². The van der Waals surface area contributed by atoms with Gasteiger partial charge in [-0.15, -0.1) is 0 Å². The second-order valence-corrected chi connectivity index (χ2v) is 4.99. The molecule has 4 heteroatoms. The first kappa shape index (κ1) is 12.3. The molecular weight excluding hydrogens is 214 g/mol. The van der Waals surface area contributed by atoms with E-state index >= 15 is 0 Å². The van der Waals surface area contributed by atoms with Crippen LogP contribution in [0.3, 0.4) is 0 Å². The zero-order valence-corrected chi connectivity index (χ0v) is 10.6. The number of fused-ring (bicyclic) bond motifs is 1. The Labute approximate surface area is 103 Å². The average Bonchev–Trinajstić information content (AvgIpc) is 2.82. The van der Waals surface area contributed by atoms with Crippen molar-refractivity contribution in [1.29, 1.82) is 0 Å². The smallest absolute Gasteiger partial charge is 0.315 e. The standard InChI is InChI=1S/C13H21N3O/c1-11(2)15-12(14-3)17-10-13-6-4-8-16(13)9-5-7-13/h1,3-10H2,2H3. The van der Waals surface area contributed by atoms with Gasteiger partial charge in [0.25, 0.3) is 0 Å². The zero-order valence-electron chi connectivity index (χ0n) is 10.6. The van der Waals surface area contributed by atoms with E-state index in [1.54, 1.807) is 0 Å². The van der Waals surface area contributed by atoms with Crippen LogP contribution in [0.1, 0.15) is 32.6 Å². The molecule has 0 aromatic heterocycles. The summed E-state index contributed by atoms with van der Waals surface area (Å²) in [4.78, 5) is 10.5. The fourth-order valence-corrected chi connectivity index (χ4v) is 2.94. The third-order valence-corrected chi connectivity index (χ3v) is 3.70. The summed E-state index contributed by atoms with van der Waals surface area (Å²) in [6.07, 6.45) is 5.00. The van der Waals surface area contributed by atoms with Gasteiger partial charge in [0.2, 0.25) is 0 Å². The topological polar surface area (TPSA) is 37.2 Å². The molecule has 2 saturated heterocycles. The highest BCUT2D eigenvalue weighted by molar-refractivity contribution is 5.79. The molecule has 2 aliphatic rings. The largest absolute Gasteiger partial charge is 0.461 e. The van der Waals surface area contributed by atoms with E-state index in [-0.39, 0.29) is 5.54 Å². The monoisotopic (exact) mass is 235 g/mol. The van der Waals surface area contributed by atoms with E-state index in [2.05, 4.69) is 28.2 Å². The predicted molar refractivity (Wildman–Crippen MR) is 70.5 cm³/mol. The van der Waals surface area contributed by atoms with Gasteiger partial charge in [-0.1, -0.05) is 6.58 Å². The maximum atomic E-state index is 5.71. The second kappa shape index (κ2) is 5.00. The van der Waals surface area contributed by atoms with Crippen LogP contribution < -0.4 is 0 Å². The van der Waals surface area contributed by atoms with Crippen molar-refractivity contribution in [2.24, 2.45) is 9.98 Å². The van der Waals surface area contributed by atoms with Gasteiger partial charge < -0.3 is 4.74 Å². The minimum absolute atomic E-state index is 0.237. The quantitative estimate of drug-likeness (QED) is 0.555. The number of hydrogen-bond acceptors (Lipinski definition) is 3. The van der Waals surface area contributed by atoms with E-state index in [1.165, 1.54) is 38.8 Å². The molecule has 0 saturated carbocycles. The van der Waals surface area contributed by atoms with Crippen LogP contribution in [0.5, 0.6) is 0 Å². The van der Waals surface area contributed by atoms with E-state index in [0.29, 0.717) is 18.3 Å². The van der Waals surface area contributed by atoms with Gasteiger partial charge in [0.05, 0.1) is 5.54 Å². The summed E-state index contributed by atoms with van der Waals surface area (Å²) in [5.41, 5.74) is 0.931. The van der Waals surface area contributed by atoms with E-state index in [0.717, 1.165) is 0 Å². The number of hydrogen-bond donors (Lipinski definition) is 0. The Hall–Kier alpha value is -1.16. The Morgan fingerprint density at radius 1 is 1.35 bits per heavy atom. The molecule has 0 unspecified atom stereocenters. The highest BCUT2D eigenvalue weighted by Gasteiger charge is 2.44. The van der Waals surface area contributed by atoms with Crippen molar-refractivity contribution in [2.45, 2.75) is 38.1 Å². The molecule has 0 aromatic carbocycles.